The Balaban J connectivity index is 1.51. The largest absolute Gasteiger partial charge is 0.465 e. The van der Waals surface area contributed by atoms with Crippen molar-refractivity contribution in [2.45, 2.75) is 32.1 Å². The van der Waals surface area contributed by atoms with Crippen molar-refractivity contribution in [1.82, 2.24) is 9.80 Å². The van der Waals surface area contributed by atoms with E-state index in [9.17, 15) is 14.4 Å². The Morgan fingerprint density at radius 2 is 1.70 bits per heavy atom. The number of carbonyl (C=O) groups excluding carboxylic acids is 3. The molecule has 2 aliphatic heterocycles. The Kier molecular flexibility index (Phi) is 7.31. The van der Waals surface area contributed by atoms with Gasteiger partial charge in [-0.15, -0.1) is 0 Å². The predicted octanol–water partition coefficient (Wildman–Crippen LogP) is 2.75. The normalized spacial score (nSPS) is 18.8. The topological polar surface area (TPSA) is 88.2 Å². The predicted molar refractivity (Wildman–Crippen MR) is 112 cm³/mol. The molecule has 0 unspecified atom stereocenters. The minimum atomic E-state index is -0.406. The summed E-state index contributed by atoms with van der Waals surface area (Å²) in [5.41, 5.74) is 1.22. The zero-order chi connectivity index (χ0) is 21.6. The molecular weight excluding hydrogens is 386 g/mol. The molecule has 3 rings (SSSR count). The number of ether oxygens (including phenoxy) is 2. The van der Waals surface area contributed by atoms with E-state index in [2.05, 4.69) is 10.1 Å². The van der Waals surface area contributed by atoms with Crippen LogP contribution in [0.15, 0.2) is 24.3 Å². The molecule has 2 saturated heterocycles. The molecule has 1 aromatic rings. The summed E-state index contributed by atoms with van der Waals surface area (Å²) in [6.07, 6.45) is 4.26. The van der Waals surface area contributed by atoms with Crippen molar-refractivity contribution < 1.29 is 23.9 Å². The van der Waals surface area contributed by atoms with E-state index in [0.29, 0.717) is 43.9 Å². The summed E-state index contributed by atoms with van der Waals surface area (Å²) in [4.78, 5) is 40.3. The summed E-state index contributed by atoms with van der Waals surface area (Å²) in [6.45, 7) is 3.33. The van der Waals surface area contributed by atoms with Gasteiger partial charge in [0.1, 0.15) is 0 Å². The second-order valence-electron chi connectivity index (χ2n) is 8.11. The van der Waals surface area contributed by atoms with Crippen LogP contribution in [0, 0.1) is 5.41 Å². The Labute approximate surface area is 177 Å². The van der Waals surface area contributed by atoms with E-state index < -0.39 is 5.97 Å². The SMILES string of the molecule is COCCN1CCC2(CCC1=O)CCN(C(=O)Nc1ccc(C(=O)OC)cc1)CC2. The third-order valence-corrected chi connectivity index (χ3v) is 6.37. The number of esters is 1. The van der Waals surface area contributed by atoms with Gasteiger partial charge in [-0.2, -0.15) is 0 Å². The maximum atomic E-state index is 12.7. The highest BCUT2D eigenvalue weighted by molar-refractivity contribution is 5.92. The van der Waals surface area contributed by atoms with E-state index in [1.165, 1.54) is 7.11 Å². The number of anilines is 1. The molecule has 0 aromatic heterocycles. The van der Waals surface area contributed by atoms with Crippen LogP contribution in [0.25, 0.3) is 0 Å². The zero-order valence-electron chi connectivity index (χ0n) is 17.8. The van der Waals surface area contributed by atoms with E-state index in [4.69, 9.17) is 4.74 Å². The van der Waals surface area contributed by atoms with Gasteiger partial charge in [0.25, 0.3) is 0 Å². The molecule has 1 aromatic carbocycles. The fourth-order valence-corrected chi connectivity index (χ4v) is 4.28. The fraction of sp³-hybridized carbons (Fsp3) is 0.591. The molecule has 8 nitrogen and oxygen atoms in total. The Morgan fingerprint density at radius 1 is 1.03 bits per heavy atom. The van der Waals surface area contributed by atoms with Crippen LogP contribution in [0.1, 0.15) is 42.5 Å². The van der Waals surface area contributed by atoms with Crippen LogP contribution in [0.4, 0.5) is 10.5 Å². The molecule has 2 fully saturated rings. The number of carbonyl (C=O) groups is 3. The lowest BCUT2D eigenvalue weighted by Crippen LogP contribution is -2.45. The number of amides is 3. The number of nitrogens with zero attached hydrogens (tertiary/aromatic N) is 2. The van der Waals surface area contributed by atoms with Gasteiger partial charge < -0.3 is 24.6 Å². The van der Waals surface area contributed by atoms with E-state index in [1.54, 1.807) is 31.4 Å². The summed E-state index contributed by atoms with van der Waals surface area (Å²) >= 11 is 0. The molecule has 0 atom stereocenters. The molecule has 0 saturated carbocycles. The van der Waals surface area contributed by atoms with Gasteiger partial charge in [0, 0.05) is 45.4 Å². The number of benzene rings is 1. The van der Waals surface area contributed by atoms with Crippen molar-refractivity contribution in [2.24, 2.45) is 5.41 Å². The first-order valence-electron chi connectivity index (χ1n) is 10.5. The molecule has 1 N–H and O–H groups in total. The smallest absolute Gasteiger partial charge is 0.337 e. The number of likely N-dealkylation sites (tertiary alicyclic amines) is 2. The van der Waals surface area contributed by atoms with Crippen molar-refractivity contribution in [3.8, 4) is 0 Å². The third kappa shape index (κ3) is 5.30. The van der Waals surface area contributed by atoms with Crippen LogP contribution >= 0.6 is 0 Å². The standard InChI is InChI=1S/C22H31N3O5/c1-29-16-15-24-12-9-22(8-7-19(24)26)10-13-25(14-11-22)21(28)23-18-5-3-17(4-6-18)20(27)30-2/h3-6H,7-16H2,1-2H3,(H,23,28). The average Bonchev–Trinajstić information content (AvgIpc) is 2.92. The lowest BCUT2D eigenvalue weighted by atomic mass is 9.73. The van der Waals surface area contributed by atoms with Crippen molar-refractivity contribution >= 4 is 23.6 Å². The lowest BCUT2D eigenvalue weighted by molar-refractivity contribution is -0.131. The second kappa shape index (κ2) is 9.93. The van der Waals surface area contributed by atoms with Crippen LogP contribution < -0.4 is 5.32 Å². The maximum Gasteiger partial charge on any atom is 0.337 e. The molecule has 1 spiro atoms. The second-order valence-corrected chi connectivity index (χ2v) is 8.11. The highest BCUT2D eigenvalue weighted by Crippen LogP contribution is 2.41. The van der Waals surface area contributed by atoms with Crippen LogP contribution in [-0.4, -0.2) is 74.7 Å². The van der Waals surface area contributed by atoms with E-state index in [0.717, 1.165) is 32.2 Å². The first kappa shape index (κ1) is 22.1. The monoisotopic (exact) mass is 417 g/mol. The quantitative estimate of drug-likeness (QED) is 0.745. The van der Waals surface area contributed by atoms with Crippen LogP contribution in [0.2, 0.25) is 0 Å². The molecule has 2 aliphatic rings. The average molecular weight is 418 g/mol. The van der Waals surface area contributed by atoms with E-state index >= 15 is 0 Å². The summed E-state index contributed by atoms with van der Waals surface area (Å²) in [6, 6.07) is 6.51. The Bertz CT molecular complexity index is 757. The number of methoxy groups -OCH3 is 2. The molecule has 164 valence electrons. The number of urea groups is 1. The summed E-state index contributed by atoms with van der Waals surface area (Å²) in [5, 5.41) is 2.90. The summed E-state index contributed by atoms with van der Waals surface area (Å²) < 4.78 is 9.80. The van der Waals surface area contributed by atoms with Crippen molar-refractivity contribution in [3.63, 3.8) is 0 Å². The number of rotatable bonds is 5. The summed E-state index contributed by atoms with van der Waals surface area (Å²) in [7, 11) is 2.99. The van der Waals surface area contributed by atoms with Crippen LogP contribution in [0.3, 0.4) is 0 Å². The molecule has 0 bridgehead atoms. The molecular formula is C22H31N3O5. The van der Waals surface area contributed by atoms with Gasteiger partial charge in [0.2, 0.25) is 5.91 Å². The van der Waals surface area contributed by atoms with E-state index in [-0.39, 0.29) is 17.4 Å². The minimum Gasteiger partial charge on any atom is -0.465 e. The molecule has 0 radical (unpaired) electrons. The fourth-order valence-electron chi connectivity index (χ4n) is 4.28. The molecule has 2 heterocycles. The number of nitrogens with one attached hydrogen (secondary N) is 1. The molecule has 8 heteroatoms. The molecule has 0 aliphatic carbocycles. The van der Waals surface area contributed by atoms with Crippen LogP contribution in [-0.2, 0) is 14.3 Å². The third-order valence-electron chi connectivity index (χ3n) is 6.37. The van der Waals surface area contributed by atoms with Gasteiger partial charge in [-0.05, 0) is 55.4 Å². The maximum absolute atomic E-state index is 12.7. The van der Waals surface area contributed by atoms with Gasteiger partial charge in [-0.1, -0.05) is 0 Å². The van der Waals surface area contributed by atoms with E-state index in [1.807, 2.05) is 9.80 Å². The van der Waals surface area contributed by atoms with Gasteiger partial charge >= 0.3 is 12.0 Å². The Hall–Kier alpha value is -2.61. The number of hydrogen-bond acceptors (Lipinski definition) is 5. The molecule has 30 heavy (non-hydrogen) atoms. The zero-order valence-corrected chi connectivity index (χ0v) is 17.8. The van der Waals surface area contributed by atoms with Crippen molar-refractivity contribution in [2.75, 3.05) is 52.3 Å². The summed E-state index contributed by atoms with van der Waals surface area (Å²) in [5.74, 6) is -0.198. The van der Waals surface area contributed by atoms with Crippen molar-refractivity contribution in [1.29, 1.82) is 0 Å². The molecule has 3 amide bonds. The number of hydrogen-bond donors (Lipinski definition) is 1. The lowest BCUT2D eigenvalue weighted by Gasteiger charge is -2.41. The number of piperidine rings is 1. The highest BCUT2D eigenvalue weighted by atomic mass is 16.5. The van der Waals surface area contributed by atoms with Gasteiger partial charge in [0.15, 0.2) is 0 Å². The van der Waals surface area contributed by atoms with Gasteiger partial charge in [0.05, 0.1) is 19.3 Å². The van der Waals surface area contributed by atoms with Gasteiger partial charge in [-0.25, -0.2) is 9.59 Å². The first-order chi connectivity index (χ1) is 14.5. The van der Waals surface area contributed by atoms with Crippen molar-refractivity contribution in [3.05, 3.63) is 29.8 Å². The first-order valence-corrected chi connectivity index (χ1v) is 10.5. The minimum absolute atomic E-state index is 0.135. The van der Waals surface area contributed by atoms with Crippen LogP contribution in [0.5, 0.6) is 0 Å². The Morgan fingerprint density at radius 3 is 2.33 bits per heavy atom. The highest BCUT2D eigenvalue weighted by Gasteiger charge is 2.38. The van der Waals surface area contributed by atoms with Gasteiger partial charge in [-0.3, -0.25) is 4.79 Å².